The van der Waals surface area contributed by atoms with Crippen LogP contribution in [0.4, 0.5) is 5.69 Å². The molecule has 0 radical (unpaired) electrons. The number of ether oxygens (including phenoxy) is 1. The maximum Gasteiger partial charge on any atom is 0.328 e. The molecule has 0 bridgehead atoms. The third-order valence-electron chi connectivity index (χ3n) is 3.20. The highest BCUT2D eigenvalue weighted by Crippen LogP contribution is 2.27. The lowest BCUT2D eigenvalue weighted by atomic mass is 10.2. The first kappa shape index (κ1) is 17.6. The van der Waals surface area contributed by atoms with E-state index in [4.69, 9.17) is 9.84 Å². The van der Waals surface area contributed by atoms with E-state index < -0.39 is 16.0 Å². The Bertz CT molecular complexity index is 870. The third-order valence-corrected chi connectivity index (χ3v) is 4.60. The summed E-state index contributed by atoms with van der Waals surface area (Å²) in [4.78, 5) is 10.5. The van der Waals surface area contributed by atoms with Crippen molar-refractivity contribution in [2.24, 2.45) is 0 Å². The summed E-state index contributed by atoms with van der Waals surface area (Å²) in [6.45, 7) is 1.90. The molecular formula is C17H17NO5S. The zero-order valence-electron chi connectivity index (χ0n) is 13.2. The zero-order chi connectivity index (χ0) is 17.7. The summed E-state index contributed by atoms with van der Waals surface area (Å²) >= 11 is 0. The number of carboxylic acid groups (broad SMARTS) is 1. The van der Waals surface area contributed by atoms with Crippen LogP contribution in [0, 0.1) is 6.92 Å². The topological polar surface area (TPSA) is 92.7 Å². The van der Waals surface area contributed by atoms with Gasteiger partial charge in [-0.2, -0.15) is 0 Å². The van der Waals surface area contributed by atoms with Crippen molar-refractivity contribution in [2.45, 2.75) is 11.8 Å². The number of aryl methyl sites for hydroxylation is 1. The second kappa shape index (κ2) is 7.18. The molecule has 0 saturated carbocycles. The Balaban J connectivity index is 2.41. The number of carbonyl (C=O) groups is 1. The molecule has 0 saturated heterocycles. The molecule has 0 spiro atoms. The van der Waals surface area contributed by atoms with E-state index in [0.717, 1.165) is 11.6 Å². The van der Waals surface area contributed by atoms with Crippen LogP contribution in [0.25, 0.3) is 6.08 Å². The van der Waals surface area contributed by atoms with Gasteiger partial charge < -0.3 is 9.84 Å². The van der Waals surface area contributed by atoms with Gasteiger partial charge in [0.15, 0.2) is 0 Å². The van der Waals surface area contributed by atoms with Gasteiger partial charge in [-0.3, -0.25) is 4.72 Å². The molecular weight excluding hydrogens is 330 g/mol. The minimum absolute atomic E-state index is 0.0712. The van der Waals surface area contributed by atoms with Gasteiger partial charge in [0, 0.05) is 11.8 Å². The maximum absolute atomic E-state index is 12.6. The van der Waals surface area contributed by atoms with Gasteiger partial charge in [0.2, 0.25) is 0 Å². The predicted octanol–water partition coefficient (Wildman–Crippen LogP) is 2.90. The van der Waals surface area contributed by atoms with Gasteiger partial charge in [0.1, 0.15) is 10.6 Å². The summed E-state index contributed by atoms with van der Waals surface area (Å²) in [5.41, 5.74) is 1.87. The first-order valence-electron chi connectivity index (χ1n) is 7.00. The van der Waals surface area contributed by atoms with Crippen LogP contribution in [0.5, 0.6) is 5.75 Å². The van der Waals surface area contributed by atoms with Crippen LogP contribution in [0.15, 0.2) is 53.4 Å². The van der Waals surface area contributed by atoms with Crippen molar-refractivity contribution in [1.82, 2.24) is 0 Å². The molecule has 0 heterocycles. The third kappa shape index (κ3) is 4.36. The minimum atomic E-state index is -3.89. The van der Waals surface area contributed by atoms with Gasteiger partial charge in [-0.1, -0.05) is 23.8 Å². The molecule has 24 heavy (non-hydrogen) atoms. The Hall–Kier alpha value is -2.80. The predicted molar refractivity (Wildman–Crippen MR) is 91.7 cm³/mol. The number of nitrogens with one attached hydrogen (secondary N) is 1. The summed E-state index contributed by atoms with van der Waals surface area (Å²) in [6.07, 6.45) is 2.25. The molecule has 0 aliphatic carbocycles. The van der Waals surface area contributed by atoms with E-state index in [1.807, 2.05) is 6.92 Å². The van der Waals surface area contributed by atoms with Gasteiger partial charge in [0.25, 0.3) is 10.0 Å². The van der Waals surface area contributed by atoms with Gasteiger partial charge >= 0.3 is 5.97 Å². The van der Waals surface area contributed by atoms with Crippen LogP contribution < -0.4 is 9.46 Å². The van der Waals surface area contributed by atoms with Gasteiger partial charge in [-0.25, -0.2) is 13.2 Å². The largest absolute Gasteiger partial charge is 0.495 e. The number of carboxylic acids is 1. The Kier molecular flexibility index (Phi) is 5.25. The van der Waals surface area contributed by atoms with Crippen LogP contribution in [-0.4, -0.2) is 26.6 Å². The van der Waals surface area contributed by atoms with E-state index in [2.05, 4.69) is 4.72 Å². The molecule has 0 aliphatic rings. The Morgan fingerprint density at radius 2 is 1.83 bits per heavy atom. The van der Waals surface area contributed by atoms with Crippen LogP contribution in [-0.2, 0) is 14.8 Å². The molecule has 2 rings (SSSR count). The summed E-state index contributed by atoms with van der Waals surface area (Å²) in [6, 6.07) is 11.3. The highest BCUT2D eigenvalue weighted by Gasteiger charge is 2.20. The van der Waals surface area contributed by atoms with E-state index in [1.165, 1.54) is 25.3 Å². The van der Waals surface area contributed by atoms with Crippen molar-refractivity contribution < 1.29 is 23.1 Å². The highest BCUT2D eigenvalue weighted by atomic mass is 32.2. The fraction of sp³-hybridized carbons (Fsp3) is 0.118. The number of hydrogen-bond acceptors (Lipinski definition) is 4. The van der Waals surface area contributed by atoms with Crippen molar-refractivity contribution in [3.8, 4) is 5.75 Å². The minimum Gasteiger partial charge on any atom is -0.495 e. The number of hydrogen-bond donors (Lipinski definition) is 2. The molecule has 0 fully saturated rings. The molecule has 0 aliphatic heterocycles. The Morgan fingerprint density at radius 1 is 1.17 bits per heavy atom. The molecule has 0 unspecified atom stereocenters. The Labute approximate surface area is 140 Å². The number of anilines is 1. The van der Waals surface area contributed by atoms with Crippen LogP contribution in [0.1, 0.15) is 11.1 Å². The van der Waals surface area contributed by atoms with Crippen LogP contribution in [0.2, 0.25) is 0 Å². The lowest BCUT2D eigenvalue weighted by Gasteiger charge is -2.12. The van der Waals surface area contributed by atoms with Crippen LogP contribution in [0.3, 0.4) is 0 Å². The van der Waals surface area contributed by atoms with Crippen molar-refractivity contribution >= 4 is 27.8 Å². The highest BCUT2D eigenvalue weighted by molar-refractivity contribution is 7.92. The molecule has 2 aromatic rings. The number of sulfonamides is 1. The zero-order valence-corrected chi connectivity index (χ0v) is 14.0. The van der Waals surface area contributed by atoms with E-state index in [1.54, 1.807) is 30.3 Å². The number of rotatable bonds is 6. The monoisotopic (exact) mass is 347 g/mol. The van der Waals surface area contributed by atoms with Crippen molar-refractivity contribution in [1.29, 1.82) is 0 Å². The van der Waals surface area contributed by atoms with E-state index in [-0.39, 0.29) is 10.6 Å². The first-order chi connectivity index (χ1) is 11.3. The molecule has 7 heteroatoms. The summed E-state index contributed by atoms with van der Waals surface area (Å²) in [5.74, 6) is -0.949. The van der Waals surface area contributed by atoms with E-state index in [9.17, 15) is 13.2 Å². The average molecular weight is 347 g/mol. The summed E-state index contributed by atoms with van der Waals surface area (Å²) < 4.78 is 32.8. The fourth-order valence-corrected chi connectivity index (χ4v) is 3.27. The summed E-state index contributed by atoms with van der Waals surface area (Å²) in [7, 11) is -2.52. The van der Waals surface area contributed by atoms with E-state index >= 15 is 0 Å². The lowest BCUT2D eigenvalue weighted by Crippen LogP contribution is -2.14. The standard InChI is InChI=1S/C17H17NO5S/c1-12-3-7-14(8-4-12)18-24(21,22)16-11-13(6-10-17(19)20)5-9-15(16)23-2/h3-11,18H,1-2H3,(H,19,20)/b10-6+. The maximum atomic E-state index is 12.6. The first-order valence-corrected chi connectivity index (χ1v) is 8.48. The number of benzene rings is 2. The lowest BCUT2D eigenvalue weighted by molar-refractivity contribution is -0.131. The number of methoxy groups -OCH3 is 1. The fourth-order valence-electron chi connectivity index (χ4n) is 2.01. The van der Waals surface area contributed by atoms with Gasteiger partial charge in [0.05, 0.1) is 7.11 Å². The van der Waals surface area contributed by atoms with Gasteiger partial charge in [-0.15, -0.1) is 0 Å². The number of aliphatic carboxylic acids is 1. The van der Waals surface area contributed by atoms with Gasteiger partial charge in [-0.05, 0) is 42.8 Å². The molecule has 0 atom stereocenters. The van der Waals surface area contributed by atoms with Crippen molar-refractivity contribution in [3.63, 3.8) is 0 Å². The smallest absolute Gasteiger partial charge is 0.328 e. The molecule has 2 N–H and O–H groups in total. The van der Waals surface area contributed by atoms with Crippen molar-refractivity contribution in [2.75, 3.05) is 11.8 Å². The molecule has 6 nitrogen and oxygen atoms in total. The van der Waals surface area contributed by atoms with E-state index in [0.29, 0.717) is 11.3 Å². The van der Waals surface area contributed by atoms with Crippen LogP contribution >= 0.6 is 0 Å². The molecule has 0 aromatic heterocycles. The quantitative estimate of drug-likeness (QED) is 0.784. The SMILES string of the molecule is COc1ccc(/C=C/C(=O)O)cc1S(=O)(=O)Nc1ccc(C)cc1. The normalized spacial score (nSPS) is 11.4. The summed E-state index contributed by atoms with van der Waals surface area (Å²) in [5, 5.41) is 8.68. The van der Waals surface area contributed by atoms with Crippen molar-refractivity contribution in [3.05, 3.63) is 59.7 Å². The molecule has 126 valence electrons. The molecule has 2 aromatic carbocycles. The second-order valence-electron chi connectivity index (χ2n) is 5.05. The Morgan fingerprint density at radius 3 is 2.42 bits per heavy atom. The molecule has 0 amide bonds. The second-order valence-corrected chi connectivity index (χ2v) is 6.70. The average Bonchev–Trinajstić information content (AvgIpc) is 2.54.